The summed E-state index contributed by atoms with van der Waals surface area (Å²) in [7, 11) is 0. The molecule has 2 N–H and O–H groups in total. The molecule has 0 aliphatic heterocycles. The van der Waals surface area contributed by atoms with Crippen LogP contribution in [0.25, 0.3) is 0 Å². The van der Waals surface area contributed by atoms with Crippen molar-refractivity contribution in [3.05, 3.63) is 11.6 Å². The number of oxime groups is 2. The molecule has 0 spiro atoms. The van der Waals surface area contributed by atoms with Gasteiger partial charge in [0.1, 0.15) is 0 Å². The monoisotopic (exact) mass is 344 g/mol. The molecule has 4 aliphatic rings. The minimum absolute atomic E-state index is 0.188. The fraction of sp³-hybridized carbons (Fsp3) is 0.810. The van der Waals surface area contributed by atoms with Crippen molar-refractivity contribution >= 4 is 11.4 Å². The van der Waals surface area contributed by atoms with E-state index in [0.717, 1.165) is 42.5 Å². The molecule has 0 aromatic rings. The average Bonchev–Trinajstić information content (AvgIpc) is 2.97. The lowest BCUT2D eigenvalue weighted by Gasteiger charge is -2.60. The van der Waals surface area contributed by atoms with Crippen molar-refractivity contribution in [1.29, 1.82) is 0 Å². The molecule has 0 heterocycles. The van der Waals surface area contributed by atoms with Crippen LogP contribution in [0.3, 0.4) is 0 Å². The van der Waals surface area contributed by atoms with E-state index in [2.05, 4.69) is 30.2 Å². The second-order valence-electron chi connectivity index (χ2n) is 9.52. The molecule has 3 fully saturated rings. The van der Waals surface area contributed by atoms with Gasteiger partial charge in [-0.2, -0.15) is 0 Å². The predicted octanol–water partition coefficient (Wildman–Crippen LogP) is 5.25. The summed E-state index contributed by atoms with van der Waals surface area (Å²) < 4.78 is 0. The molecule has 0 aromatic carbocycles. The van der Waals surface area contributed by atoms with Crippen LogP contribution in [0, 0.1) is 34.5 Å². The smallest absolute Gasteiger partial charge is 0.0799 e. The number of rotatable bonds is 1. The first-order valence-corrected chi connectivity index (χ1v) is 10.0. The molecule has 25 heavy (non-hydrogen) atoms. The van der Waals surface area contributed by atoms with Crippen molar-refractivity contribution in [3.8, 4) is 0 Å². The third-order valence-corrected chi connectivity index (χ3v) is 8.76. The van der Waals surface area contributed by atoms with Crippen molar-refractivity contribution < 1.29 is 10.4 Å². The Bertz CT molecular complexity index is 652. The van der Waals surface area contributed by atoms with Gasteiger partial charge in [-0.25, -0.2) is 0 Å². The van der Waals surface area contributed by atoms with Gasteiger partial charge >= 0.3 is 0 Å². The van der Waals surface area contributed by atoms with Gasteiger partial charge in [0.15, 0.2) is 0 Å². The normalized spacial score (nSPS) is 48.5. The highest BCUT2D eigenvalue weighted by Crippen LogP contribution is 2.66. The largest absolute Gasteiger partial charge is 0.411 e. The van der Waals surface area contributed by atoms with E-state index in [0.29, 0.717) is 17.3 Å². The first kappa shape index (κ1) is 17.1. The van der Waals surface area contributed by atoms with Crippen LogP contribution >= 0.6 is 0 Å². The van der Waals surface area contributed by atoms with Gasteiger partial charge in [-0.1, -0.05) is 30.2 Å². The van der Waals surface area contributed by atoms with E-state index in [1.54, 1.807) is 0 Å². The zero-order chi connectivity index (χ0) is 17.8. The fourth-order valence-electron chi connectivity index (χ4n) is 7.33. The zero-order valence-electron chi connectivity index (χ0n) is 15.8. The second-order valence-corrected chi connectivity index (χ2v) is 9.52. The van der Waals surface area contributed by atoms with Crippen LogP contribution in [0.4, 0.5) is 0 Å². The van der Waals surface area contributed by atoms with Crippen LogP contribution < -0.4 is 0 Å². The molecule has 4 rings (SSSR count). The fourth-order valence-corrected chi connectivity index (χ4v) is 7.33. The Labute approximate surface area is 151 Å². The minimum atomic E-state index is 0.188. The van der Waals surface area contributed by atoms with Crippen LogP contribution in [0.1, 0.15) is 72.1 Å². The van der Waals surface area contributed by atoms with E-state index in [9.17, 15) is 10.4 Å². The van der Waals surface area contributed by atoms with Crippen LogP contribution in [-0.2, 0) is 0 Å². The first-order valence-electron chi connectivity index (χ1n) is 10.0. The predicted molar refractivity (Wildman–Crippen MR) is 99.3 cm³/mol. The minimum Gasteiger partial charge on any atom is -0.411 e. The molecule has 3 saturated carbocycles. The van der Waals surface area contributed by atoms with Gasteiger partial charge in [-0.05, 0) is 98.4 Å². The Balaban J connectivity index is 1.61. The highest BCUT2D eigenvalue weighted by Gasteiger charge is 2.58. The van der Waals surface area contributed by atoms with Crippen molar-refractivity contribution in [1.82, 2.24) is 0 Å². The maximum absolute atomic E-state index is 9.29. The Morgan fingerprint density at radius 3 is 2.64 bits per heavy atom. The molecule has 0 bridgehead atoms. The number of hydrogen-bond acceptors (Lipinski definition) is 4. The third kappa shape index (κ3) is 2.32. The third-order valence-electron chi connectivity index (χ3n) is 8.76. The van der Waals surface area contributed by atoms with E-state index in [-0.39, 0.29) is 5.41 Å². The van der Waals surface area contributed by atoms with E-state index in [4.69, 9.17) is 0 Å². The lowest BCUT2D eigenvalue weighted by molar-refractivity contribution is -0.0866. The van der Waals surface area contributed by atoms with Crippen LogP contribution in [0.15, 0.2) is 22.0 Å². The average molecular weight is 344 g/mol. The molecule has 0 radical (unpaired) electrons. The lowest BCUT2D eigenvalue weighted by atomic mass is 9.44. The summed E-state index contributed by atoms with van der Waals surface area (Å²) in [5, 5.41) is 25.6. The SMILES string of the molecule is C/C(=N\O)C1=CC[C@H]2[C@@H]3CC[C@H]4C/C(=N/O)CC[C@]4(C)[C@@H]3CC[C@]12C. The topological polar surface area (TPSA) is 65.2 Å². The van der Waals surface area contributed by atoms with Crippen molar-refractivity contribution in [2.45, 2.75) is 72.1 Å². The van der Waals surface area contributed by atoms with Crippen molar-refractivity contribution in [2.24, 2.45) is 44.8 Å². The van der Waals surface area contributed by atoms with Crippen LogP contribution in [0.5, 0.6) is 0 Å². The Hall–Kier alpha value is -1.32. The summed E-state index contributed by atoms with van der Waals surface area (Å²) in [6.07, 6.45) is 11.7. The van der Waals surface area contributed by atoms with Crippen LogP contribution in [-0.4, -0.2) is 21.8 Å². The molecule has 0 amide bonds. The van der Waals surface area contributed by atoms with Gasteiger partial charge < -0.3 is 10.4 Å². The maximum Gasteiger partial charge on any atom is 0.0799 e. The Morgan fingerprint density at radius 2 is 1.92 bits per heavy atom. The quantitative estimate of drug-likeness (QED) is 0.388. The van der Waals surface area contributed by atoms with Crippen molar-refractivity contribution in [2.75, 3.05) is 0 Å². The standard InChI is InChI=1S/C21H32N2O2/c1-13(22-24)17-6-7-18-16-5-4-14-12-15(23-25)8-10-20(14,2)19(16)9-11-21(17,18)3/h6,14,16,18-19,24-25H,4-5,7-12H2,1-3H3/b22-13+,23-15+/t14-,16-,18-,19+,20-,21+/m0/s1. The summed E-state index contributed by atoms with van der Waals surface area (Å²) >= 11 is 0. The molecule has 0 aromatic heterocycles. The Kier molecular flexibility index (Phi) is 4.01. The number of allylic oxidation sites excluding steroid dienone is 2. The number of fused-ring (bicyclic) bond motifs is 5. The van der Waals surface area contributed by atoms with Gasteiger partial charge in [-0.3, -0.25) is 0 Å². The van der Waals surface area contributed by atoms with Gasteiger partial charge in [-0.15, -0.1) is 0 Å². The van der Waals surface area contributed by atoms with E-state index in [1.165, 1.54) is 37.7 Å². The zero-order valence-corrected chi connectivity index (χ0v) is 15.8. The van der Waals surface area contributed by atoms with E-state index >= 15 is 0 Å². The maximum atomic E-state index is 9.29. The lowest BCUT2D eigenvalue weighted by Crippen LogP contribution is -2.53. The summed E-state index contributed by atoms with van der Waals surface area (Å²) in [6.45, 7) is 6.88. The summed E-state index contributed by atoms with van der Waals surface area (Å²) in [5.41, 5.74) is 3.71. The van der Waals surface area contributed by atoms with Crippen molar-refractivity contribution in [3.63, 3.8) is 0 Å². The molecule has 4 nitrogen and oxygen atoms in total. The van der Waals surface area contributed by atoms with E-state index < -0.39 is 0 Å². The summed E-state index contributed by atoms with van der Waals surface area (Å²) in [4.78, 5) is 0. The van der Waals surface area contributed by atoms with Gasteiger partial charge in [0.2, 0.25) is 0 Å². The number of nitrogens with zero attached hydrogens (tertiary/aromatic N) is 2. The molecular weight excluding hydrogens is 312 g/mol. The second kappa shape index (κ2) is 5.85. The van der Waals surface area contributed by atoms with Crippen LogP contribution in [0.2, 0.25) is 0 Å². The van der Waals surface area contributed by atoms with Gasteiger partial charge in [0.25, 0.3) is 0 Å². The molecule has 4 heteroatoms. The summed E-state index contributed by atoms with van der Waals surface area (Å²) in [5.74, 6) is 2.97. The molecule has 138 valence electrons. The first-order chi connectivity index (χ1) is 11.9. The Morgan fingerprint density at radius 1 is 1.12 bits per heavy atom. The highest BCUT2D eigenvalue weighted by atomic mass is 16.4. The molecule has 0 unspecified atom stereocenters. The summed E-state index contributed by atoms with van der Waals surface area (Å²) in [6, 6.07) is 0. The molecule has 0 saturated heterocycles. The highest BCUT2D eigenvalue weighted by molar-refractivity contribution is 5.99. The van der Waals surface area contributed by atoms with E-state index in [1.807, 2.05) is 6.92 Å². The molecular formula is C21H32N2O2. The molecule has 6 atom stereocenters. The molecule has 4 aliphatic carbocycles. The van der Waals surface area contributed by atoms with Gasteiger partial charge in [0, 0.05) is 0 Å². The van der Waals surface area contributed by atoms with Gasteiger partial charge in [0.05, 0.1) is 11.4 Å². The number of hydrogen-bond donors (Lipinski definition) is 2.